The zero-order valence-corrected chi connectivity index (χ0v) is 23.2. The molecule has 0 atom stereocenters. The van der Waals surface area contributed by atoms with Gasteiger partial charge in [-0.25, -0.2) is 0 Å². The third kappa shape index (κ3) is 10.7. The fourth-order valence-corrected chi connectivity index (χ4v) is 5.32. The van der Waals surface area contributed by atoms with Crippen LogP contribution in [0.15, 0.2) is 24.3 Å². The lowest BCUT2D eigenvalue weighted by Crippen LogP contribution is -2.03. The summed E-state index contributed by atoms with van der Waals surface area (Å²) in [5, 5.41) is 21.8. The average Bonchev–Trinajstić information content (AvgIpc) is 2.81. The average molecular weight is 481 g/mol. The molecule has 0 radical (unpaired) electrons. The summed E-state index contributed by atoms with van der Waals surface area (Å²) < 4.78 is 0. The Balaban J connectivity index is 2.07. The Hall–Kier alpha value is -1.96. The Bertz CT molecular complexity index is 796. The van der Waals surface area contributed by atoms with E-state index in [1.54, 1.807) is 0 Å². The van der Waals surface area contributed by atoms with Crippen LogP contribution in [0.4, 0.5) is 0 Å². The largest absolute Gasteiger partial charge is 0.508 e. The zero-order chi connectivity index (χ0) is 25.5. The predicted molar refractivity (Wildman–Crippen MR) is 152 cm³/mol. The van der Waals surface area contributed by atoms with Crippen molar-refractivity contribution >= 4 is 0 Å². The van der Waals surface area contributed by atoms with Crippen LogP contribution in [0.5, 0.6) is 11.5 Å². The third-order valence-electron chi connectivity index (χ3n) is 7.38. The first-order valence-corrected chi connectivity index (χ1v) is 14.6. The SMILES string of the molecule is CCCCCCCCCc1cc(C)cc(O)c1Cc1c(O)cc(C)cc1CCCCCCCCC. The summed E-state index contributed by atoms with van der Waals surface area (Å²) >= 11 is 0. The van der Waals surface area contributed by atoms with Crippen molar-refractivity contribution in [3.05, 3.63) is 57.6 Å². The molecule has 35 heavy (non-hydrogen) atoms. The van der Waals surface area contributed by atoms with Gasteiger partial charge < -0.3 is 10.2 Å². The maximum atomic E-state index is 10.9. The topological polar surface area (TPSA) is 40.5 Å². The Morgan fingerprint density at radius 1 is 0.486 bits per heavy atom. The van der Waals surface area contributed by atoms with Gasteiger partial charge in [0, 0.05) is 17.5 Å². The molecule has 2 rings (SSSR count). The van der Waals surface area contributed by atoms with E-state index in [1.165, 1.54) is 88.2 Å². The lowest BCUT2D eigenvalue weighted by atomic mass is 9.89. The second-order valence-electron chi connectivity index (χ2n) is 10.8. The molecular weight excluding hydrogens is 428 g/mol. The molecule has 0 saturated heterocycles. The highest BCUT2D eigenvalue weighted by atomic mass is 16.3. The lowest BCUT2D eigenvalue weighted by Gasteiger charge is -2.17. The first kappa shape index (κ1) is 29.3. The molecule has 0 unspecified atom stereocenters. The molecule has 0 bridgehead atoms. The Morgan fingerprint density at radius 3 is 1.20 bits per heavy atom. The van der Waals surface area contributed by atoms with Crippen LogP contribution < -0.4 is 0 Å². The monoisotopic (exact) mass is 480 g/mol. The first-order chi connectivity index (χ1) is 17.0. The van der Waals surface area contributed by atoms with Crippen molar-refractivity contribution < 1.29 is 10.2 Å². The molecule has 2 aromatic rings. The van der Waals surface area contributed by atoms with Crippen LogP contribution in [0.3, 0.4) is 0 Å². The van der Waals surface area contributed by atoms with Gasteiger partial charge in [0.25, 0.3) is 0 Å². The summed E-state index contributed by atoms with van der Waals surface area (Å²) in [5.41, 5.74) is 6.72. The van der Waals surface area contributed by atoms with Gasteiger partial charge in [-0.15, -0.1) is 0 Å². The minimum atomic E-state index is 0.379. The van der Waals surface area contributed by atoms with E-state index in [4.69, 9.17) is 0 Å². The highest BCUT2D eigenvalue weighted by Gasteiger charge is 2.16. The number of unbranched alkanes of at least 4 members (excludes halogenated alkanes) is 12. The van der Waals surface area contributed by atoms with E-state index in [1.807, 2.05) is 12.1 Å². The number of aromatic hydroxyl groups is 2. The molecule has 0 aliphatic heterocycles. The van der Waals surface area contributed by atoms with Gasteiger partial charge in [0.1, 0.15) is 11.5 Å². The van der Waals surface area contributed by atoms with Crippen molar-refractivity contribution in [3.8, 4) is 11.5 Å². The molecule has 0 saturated carbocycles. The Labute approximate surface area is 216 Å². The van der Waals surface area contributed by atoms with E-state index in [0.717, 1.165) is 47.9 Å². The number of hydrogen-bond donors (Lipinski definition) is 2. The molecule has 2 nitrogen and oxygen atoms in total. The van der Waals surface area contributed by atoms with Gasteiger partial charge in [0.2, 0.25) is 0 Å². The molecule has 2 heteroatoms. The van der Waals surface area contributed by atoms with Gasteiger partial charge in [-0.05, 0) is 73.9 Å². The van der Waals surface area contributed by atoms with Crippen molar-refractivity contribution in [1.82, 2.24) is 0 Å². The zero-order valence-electron chi connectivity index (χ0n) is 23.2. The molecule has 0 heterocycles. The molecule has 0 fully saturated rings. The van der Waals surface area contributed by atoms with Crippen LogP contribution in [0.2, 0.25) is 0 Å². The van der Waals surface area contributed by atoms with Crippen LogP contribution in [0.1, 0.15) is 137 Å². The minimum absolute atomic E-state index is 0.379. The number of hydrogen-bond acceptors (Lipinski definition) is 2. The highest BCUT2D eigenvalue weighted by molar-refractivity contribution is 5.51. The van der Waals surface area contributed by atoms with Gasteiger partial charge >= 0.3 is 0 Å². The van der Waals surface area contributed by atoms with Crippen molar-refractivity contribution in [1.29, 1.82) is 0 Å². The van der Waals surface area contributed by atoms with Crippen LogP contribution in [-0.4, -0.2) is 10.2 Å². The first-order valence-electron chi connectivity index (χ1n) is 14.6. The molecule has 0 aliphatic rings. The number of phenols is 2. The van der Waals surface area contributed by atoms with E-state index >= 15 is 0 Å². The van der Waals surface area contributed by atoms with E-state index in [0.29, 0.717) is 17.9 Å². The second-order valence-corrected chi connectivity index (χ2v) is 10.8. The molecule has 2 aromatic carbocycles. The third-order valence-corrected chi connectivity index (χ3v) is 7.38. The number of benzene rings is 2. The van der Waals surface area contributed by atoms with Gasteiger partial charge in [-0.3, -0.25) is 0 Å². The van der Waals surface area contributed by atoms with Gasteiger partial charge in [0.15, 0.2) is 0 Å². The highest BCUT2D eigenvalue weighted by Crippen LogP contribution is 2.33. The van der Waals surface area contributed by atoms with E-state index in [9.17, 15) is 10.2 Å². The molecule has 0 aromatic heterocycles. The Kier molecular flexibility index (Phi) is 13.9. The van der Waals surface area contributed by atoms with Crippen LogP contribution in [0.25, 0.3) is 0 Å². The molecule has 0 spiro atoms. The molecular formula is C33H52O2. The summed E-state index contributed by atoms with van der Waals surface area (Å²) in [6, 6.07) is 8.25. The minimum Gasteiger partial charge on any atom is -0.508 e. The number of phenolic OH excluding ortho intramolecular Hbond substituents is 2. The summed E-state index contributed by atoms with van der Waals surface area (Å²) in [6.45, 7) is 8.65. The Morgan fingerprint density at radius 2 is 0.829 bits per heavy atom. The molecule has 0 aliphatic carbocycles. The van der Waals surface area contributed by atoms with Crippen LogP contribution in [-0.2, 0) is 19.3 Å². The van der Waals surface area contributed by atoms with E-state index < -0.39 is 0 Å². The van der Waals surface area contributed by atoms with Crippen molar-refractivity contribution in [3.63, 3.8) is 0 Å². The van der Waals surface area contributed by atoms with Gasteiger partial charge in [0.05, 0.1) is 0 Å². The summed E-state index contributed by atoms with van der Waals surface area (Å²) in [4.78, 5) is 0. The van der Waals surface area contributed by atoms with Gasteiger partial charge in [-0.1, -0.05) is 103 Å². The van der Waals surface area contributed by atoms with E-state index in [2.05, 4.69) is 39.8 Å². The normalized spacial score (nSPS) is 11.3. The summed E-state index contributed by atoms with van der Waals surface area (Å²) in [7, 11) is 0. The fourth-order valence-electron chi connectivity index (χ4n) is 5.32. The van der Waals surface area contributed by atoms with Crippen molar-refractivity contribution in [2.24, 2.45) is 0 Å². The standard InChI is InChI=1S/C33H52O2/c1-5-7-9-11-13-15-17-19-28-21-26(3)23-32(34)30(28)25-31-29(22-27(4)24-33(31)35)20-18-16-14-12-10-8-6-2/h21-24,34-35H,5-20,25H2,1-4H3. The van der Waals surface area contributed by atoms with Crippen molar-refractivity contribution in [2.45, 2.75) is 137 Å². The van der Waals surface area contributed by atoms with Gasteiger partial charge in [-0.2, -0.15) is 0 Å². The summed E-state index contributed by atoms with van der Waals surface area (Å²) in [5.74, 6) is 0.759. The maximum absolute atomic E-state index is 10.9. The summed E-state index contributed by atoms with van der Waals surface area (Å²) in [6.07, 6.45) is 20.6. The lowest BCUT2D eigenvalue weighted by molar-refractivity contribution is 0.460. The van der Waals surface area contributed by atoms with Crippen LogP contribution >= 0.6 is 0 Å². The molecule has 0 amide bonds. The number of aryl methyl sites for hydroxylation is 4. The number of rotatable bonds is 18. The quantitative estimate of drug-likeness (QED) is 0.208. The predicted octanol–water partition coefficient (Wildman–Crippen LogP) is 9.89. The fraction of sp³-hybridized carbons (Fsp3) is 0.636. The second kappa shape index (κ2) is 16.7. The maximum Gasteiger partial charge on any atom is 0.119 e. The van der Waals surface area contributed by atoms with E-state index in [-0.39, 0.29) is 0 Å². The van der Waals surface area contributed by atoms with Crippen molar-refractivity contribution in [2.75, 3.05) is 0 Å². The molecule has 196 valence electrons. The molecule has 2 N–H and O–H groups in total. The van der Waals surface area contributed by atoms with Crippen LogP contribution in [0, 0.1) is 13.8 Å². The smallest absolute Gasteiger partial charge is 0.119 e.